The lowest BCUT2D eigenvalue weighted by Gasteiger charge is -1.91. The summed E-state index contributed by atoms with van der Waals surface area (Å²) in [6.45, 7) is 1.86. The number of hydrogen-bond acceptors (Lipinski definition) is 6. The van der Waals surface area contributed by atoms with Crippen LogP contribution in [0.25, 0.3) is 27.0 Å². The van der Waals surface area contributed by atoms with Gasteiger partial charge in [-0.3, -0.25) is 0 Å². The first-order chi connectivity index (χ1) is 9.81. The topological polar surface area (TPSA) is 69.1 Å². The van der Waals surface area contributed by atoms with Crippen LogP contribution >= 0.6 is 11.3 Å². The molecule has 20 heavy (non-hydrogen) atoms. The summed E-state index contributed by atoms with van der Waals surface area (Å²) in [6, 6.07) is 11.7. The lowest BCUT2D eigenvalue weighted by Crippen LogP contribution is -1.88. The second kappa shape index (κ2) is 4.24. The van der Waals surface area contributed by atoms with Gasteiger partial charge in [0, 0.05) is 11.6 Å². The molecule has 0 spiro atoms. The van der Waals surface area contributed by atoms with Crippen LogP contribution in [0.2, 0.25) is 0 Å². The summed E-state index contributed by atoms with van der Waals surface area (Å²) in [5.41, 5.74) is 1.70. The number of nitrogens with zero attached hydrogens (tertiary/aromatic N) is 5. The van der Waals surface area contributed by atoms with E-state index in [-0.39, 0.29) is 0 Å². The van der Waals surface area contributed by atoms with Crippen LogP contribution in [-0.4, -0.2) is 25.0 Å². The van der Waals surface area contributed by atoms with Crippen molar-refractivity contribution >= 4 is 16.3 Å². The van der Waals surface area contributed by atoms with Crippen LogP contribution in [0.1, 0.15) is 5.82 Å². The Morgan fingerprint density at radius 2 is 2.00 bits per heavy atom. The quantitative estimate of drug-likeness (QED) is 0.566. The zero-order valence-corrected chi connectivity index (χ0v) is 11.3. The molecule has 0 fully saturated rings. The minimum atomic E-state index is 0.707. The van der Waals surface area contributed by atoms with Gasteiger partial charge in [0.25, 0.3) is 0 Å². The fourth-order valence-electron chi connectivity index (χ4n) is 1.93. The Morgan fingerprint density at radius 3 is 2.80 bits per heavy atom. The predicted molar refractivity (Wildman–Crippen MR) is 74.3 cm³/mol. The highest BCUT2D eigenvalue weighted by Gasteiger charge is 2.15. The second-order valence-corrected chi connectivity index (χ2v) is 5.25. The Hall–Kier alpha value is -2.54. The molecule has 7 heteroatoms. The highest BCUT2D eigenvalue weighted by atomic mass is 32.1. The van der Waals surface area contributed by atoms with Gasteiger partial charge in [0.15, 0.2) is 16.6 Å². The first-order valence-corrected chi connectivity index (χ1v) is 6.84. The average molecular weight is 283 g/mol. The van der Waals surface area contributed by atoms with E-state index in [1.54, 1.807) is 4.52 Å². The molecule has 6 nitrogen and oxygen atoms in total. The molecule has 0 radical (unpaired) electrons. The van der Waals surface area contributed by atoms with E-state index in [9.17, 15) is 0 Å². The van der Waals surface area contributed by atoms with Crippen molar-refractivity contribution in [2.75, 3.05) is 0 Å². The lowest BCUT2D eigenvalue weighted by atomic mass is 10.2. The van der Waals surface area contributed by atoms with Gasteiger partial charge in [-0.25, -0.2) is 0 Å². The summed E-state index contributed by atoms with van der Waals surface area (Å²) in [6.07, 6.45) is 0. The maximum absolute atomic E-state index is 5.38. The second-order valence-electron chi connectivity index (χ2n) is 4.29. The minimum Gasteiger partial charge on any atom is -0.356 e. The summed E-state index contributed by atoms with van der Waals surface area (Å²) in [5.74, 6) is 1.48. The number of fused-ring (bicyclic) bond motifs is 1. The Labute approximate surface area is 117 Å². The molecule has 0 atom stereocenters. The Balaban J connectivity index is 1.77. The average Bonchev–Trinajstić information content (AvgIpc) is 3.17. The van der Waals surface area contributed by atoms with E-state index >= 15 is 0 Å². The molecule has 0 aliphatic carbocycles. The van der Waals surface area contributed by atoms with Gasteiger partial charge >= 0.3 is 0 Å². The fourth-order valence-corrected chi connectivity index (χ4v) is 2.77. The molecule has 0 saturated carbocycles. The third-order valence-electron chi connectivity index (χ3n) is 2.93. The van der Waals surface area contributed by atoms with Gasteiger partial charge in [0.1, 0.15) is 5.69 Å². The van der Waals surface area contributed by atoms with Gasteiger partial charge in [-0.15, -0.1) is 10.2 Å². The molecule has 0 aliphatic rings. The van der Waals surface area contributed by atoms with E-state index in [4.69, 9.17) is 4.52 Å². The predicted octanol–water partition coefficient (Wildman–Crippen LogP) is 2.82. The fraction of sp³-hybridized carbons (Fsp3) is 0.0769. The normalized spacial score (nSPS) is 11.2. The third-order valence-corrected chi connectivity index (χ3v) is 3.86. The highest BCUT2D eigenvalue weighted by molar-refractivity contribution is 7.19. The van der Waals surface area contributed by atoms with Crippen molar-refractivity contribution in [3.63, 3.8) is 0 Å². The maximum atomic E-state index is 5.38. The van der Waals surface area contributed by atoms with Crippen LogP contribution in [0.5, 0.6) is 0 Å². The van der Waals surface area contributed by atoms with Gasteiger partial charge in [-0.2, -0.15) is 9.61 Å². The van der Waals surface area contributed by atoms with Crippen molar-refractivity contribution in [2.45, 2.75) is 6.92 Å². The molecule has 4 aromatic rings. The molecular weight excluding hydrogens is 274 g/mol. The van der Waals surface area contributed by atoms with Gasteiger partial charge in [-0.05, 0) is 6.92 Å². The molecule has 3 heterocycles. The van der Waals surface area contributed by atoms with E-state index in [1.807, 2.05) is 43.3 Å². The summed E-state index contributed by atoms with van der Waals surface area (Å²) in [5, 5.41) is 17.3. The first kappa shape index (κ1) is 11.3. The molecule has 0 amide bonds. The summed E-state index contributed by atoms with van der Waals surface area (Å²) in [7, 11) is 0. The standard InChI is InChI=1S/C13H9N5OS/c1-8-14-15-13-18(8)16-12(20-13)10-7-11(19-17-10)9-5-3-2-4-6-9/h2-7H,1H3. The number of benzene rings is 1. The van der Waals surface area contributed by atoms with Gasteiger partial charge in [-0.1, -0.05) is 46.8 Å². The van der Waals surface area contributed by atoms with E-state index in [0.29, 0.717) is 5.69 Å². The minimum absolute atomic E-state index is 0.707. The SMILES string of the molecule is Cc1nnc2sc(-c3cc(-c4ccccc4)on3)nn12. The van der Waals surface area contributed by atoms with Crippen molar-refractivity contribution < 1.29 is 4.52 Å². The number of aromatic nitrogens is 5. The van der Waals surface area contributed by atoms with Crippen molar-refractivity contribution in [1.82, 2.24) is 25.0 Å². The lowest BCUT2D eigenvalue weighted by molar-refractivity contribution is 0.435. The molecular formula is C13H9N5OS. The first-order valence-electron chi connectivity index (χ1n) is 6.02. The zero-order chi connectivity index (χ0) is 13.5. The van der Waals surface area contributed by atoms with Gasteiger partial charge < -0.3 is 4.52 Å². The molecule has 4 rings (SSSR count). The third kappa shape index (κ3) is 1.71. The van der Waals surface area contributed by atoms with E-state index in [2.05, 4.69) is 20.5 Å². The van der Waals surface area contributed by atoms with Crippen LogP contribution in [0.4, 0.5) is 0 Å². The molecule has 0 aliphatic heterocycles. The van der Waals surface area contributed by atoms with Crippen LogP contribution < -0.4 is 0 Å². The van der Waals surface area contributed by atoms with Crippen molar-refractivity contribution in [3.05, 3.63) is 42.2 Å². The zero-order valence-electron chi connectivity index (χ0n) is 10.5. The van der Waals surface area contributed by atoms with Crippen molar-refractivity contribution in [1.29, 1.82) is 0 Å². The Morgan fingerprint density at radius 1 is 1.15 bits per heavy atom. The summed E-state index contributed by atoms with van der Waals surface area (Å²) in [4.78, 5) is 0.752. The molecule has 0 saturated heterocycles. The van der Waals surface area contributed by atoms with Crippen molar-refractivity contribution in [2.24, 2.45) is 0 Å². The molecule has 0 bridgehead atoms. The van der Waals surface area contributed by atoms with E-state index in [0.717, 1.165) is 27.1 Å². The Kier molecular flexibility index (Phi) is 2.40. The number of aryl methyl sites for hydroxylation is 1. The highest BCUT2D eigenvalue weighted by Crippen LogP contribution is 2.28. The van der Waals surface area contributed by atoms with Crippen molar-refractivity contribution in [3.8, 4) is 22.0 Å². The smallest absolute Gasteiger partial charge is 0.235 e. The molecule has 0 N–H and O–H groups in total. The van der Waals surface area contributed by atoms with E-state index in [1.165, 1.54) is 11.3 Å². The number of rotatable bonds is 2. The van der Waals surface area contributed by atoms with Crippen LogP contribution in [0, 0.1) is 6.92 Å². The molecule has 98 valence electrons. The monoisotopic (exact) mass is 283 g/mol. The van der Waals surface area contributed by atoms with Crippen LogP contribution in [0.15, 0.2) is 40.9 Å². The Bertz CT molecular complexity index is 877. The largest absolute Gasteiger partial charge is 0.356 e. The summed E-state index contributed by atoms with van der Waals surface area (Å²) < 4.78 is 7.08. The maximum Gasteiger partial charge on any atom is 0.235 e. The number of hydrogen-bond donors (Lipinski definition) is 0. The van der Waals surface area contributed by atoms with Gasteiger partial charge in [0.05, 0.1) is 0 Å². The van der Waals surface area contributed by atoms with Gasteiger partial charge in [0.2, 0.25) is 4.96 Å². The van der Waals surface area contributed by atoms with Crippen LogP contribution in [0.3, 0.4) is 0 Å². The van der Waals surface area contributed by atoms with Crippen LogP contribution in [-0.2, 0) is 0 Å². The molecule has 1 aromatic carbocycles. The summed E-state index contributed by atoms with van der Waals surface area (Å²) >= 11 is 1.44. The van der Waals surface area contributed by atoms with E-state index < -0.39 is 0 Å². The molecule has 3 aromatic heterocycles. The molecule has 0 unspecified atom stereocenters.